The van der Waals surface area contributed by atoms with E-state index in [-0.39, 0.29) is 5.56 Å². The predicted molar refractivity (Wildman–Crippen MR) is 124 cm³/mol. The number of urea groups is 1. The van der Waals surface area contributed by atoms with Gasteiger partial charge in [-0.1, -0.05) is 57.9 Å². The molecule has 0 saturated carbocycles. The van der Waals surface area contributed by atoms with Crippen molar-refractivity contribution in [2.45, 2.75) is 18.7 Å². The number of halogens is 2. The van der Waals surface area contributed by atoms with Crippen molar-refractivity contribution in [1.82, 2.24) is 5.32 Å². The van der Waals surface area contributed by atoms with E-state index in [2.05, 4.69) is 26.6 Å². The van der Waals surface area contributed by atoms with E-state index in [1.807, 2.05) is 37.3 Å². The van der Waals surface area contributed by atoms with Gasteiger partial charge in [0.25, 0.3) is 11.6 Å². The fourth-order valence-electron chi connectivity index (χ4n) is 3.59. The number of nitrogens with one attached hydrogen (secondary N) is 2. The molecule has 4 rings (SSSR count). The Hall–Kier alpha value is -2.87. The summed E-state index contributed by atoms with van der Waals surface area (Å²) in [5.41, 5.74) is -0.513. The first kappa shape index (κ1) is 21.4. The van der Waals surface area contributed by atoms with Gasteiger partial charge in [-0.15, -0.1) is 0 Å². The van der Waals surface area contributed by atoms with Crippen LogP contribution in [0.2, 0.25) is 5.02 Å². The maximum absolute atomic E-state index is 13.5. The van der Waals surface area contributed by atoms with Crippen molar-refractivity contribution in [2.75, 3.05) is 10.2 Å². The molecule has 0 spiro atoms. The molecule has 0 aromatic heterocycles. The van der Waals surface area contributed by atoms with Gasteiger partial charge < -0.3 is 15.7 Å². The van der Waals surface area contributed by atoms with Crippen LogP contribution in [0.3, 0.4) is 0 Å². The molecule has 0 aliphatic carbocycles. The van der Waals surface area contributed by atoms with Gasteiger partial charge in [0.2, 0.25) is 0 Å². The summed E-state index contributed by atoms with van der Waals surface area (Å²) in [4.78, 5) is 27.6. The van der Waals surface area contributed by atoms with Gasteiger partial charge in [-0.25, -0.2) is 4.79 Å². The number of benzene rings is 3. The van der Waals surface area contributed by atoms with E-state index < -0.39 is 23.7 Å². The summed E-state index contributed by atoms with van der Waals surface area (Å²) < 4.78 is 0.654. The molecule has 2 atom stereocenters. The normalized spacial score (nSPS) is 18.7. The molecule has 3 amide bonds. The molecule has 1 heterocycles. The Morgan fingerprint density at radius 2 is 1.81 bits per heavy atom. The Morgan fingerprint density at radius 1 is 1.13 bits per heavy atom. The van der Waals surface area contributed by atoms with Gasteiger partial charge in [-0.2, -0.15) is 0 Å². The summed E-state index contributed by atoms with van der Waals surface area (Å²) >= 11 is 9.38. The minimum absolute atomic E-state index is 0.245. The first-order chi connectivity index (χ1) is 14.8. The number of anilines is 2. The topological polar surface area (TPSA) is 81.7 Å². The van der Waals surface area contributed by atoms with Gasteiger partial charge in [0.05, 0.1) is 11.7 Å². The average Bonchev–Trinajstić information content (AvgIpc) is 2.76. The molecular weight excluding hydrogens is 482 g/mol. The summed E-state index contributed by atoms with van der Waals surface area (Å²) in [5.74, 6) is -0.729. The summed E-state index contributed by atoms with van der Waals surface area (Å²) in [6, 6.07) is 19.6. The number of rotatable bonds is 4. The molecule has 6 nitrogen and oxygen atoms in total. The lowest BCUT2D eigenvalue weighted by molar-refractivity contribution is -0.141. The van der Waals surface area contributed by atoms with E-state index in [1.54, 1.807) is 42.5 Å². The fraction of sp³-hybridized carbons (Fsp3) is 0.130. The molecule has 0 unspecified atom stereocenters. The maximum atomic E-state index is 13.5. The van der Waals surface area contributed by atoms with Gasteiger partial charge >= 0.3 is 6.03 Å². The third-order valence-electron chi connectivity index (χ3n) is 5.17. The third-order valence-corrected chi connectivity index (χ3v) is 5.92. The van der Waals surface area contributed by atoms with Crippen LogP contribution >= 0.6 is 27.5 Å². The largest absolute Gasteiger partial charge is 0.359 e. The molecule has 1 aliphatic heterocycles. The van der Waals surface area contributed by atoms with Gasteiger partial charge in [0.1, 0.15) is 0 Å². The quantitative estimate of drug-likeness (QED) is 0.462. The fourth-order valence-corrected chi connectivity index (χ4v) is 4.08. The minimum Gasteiger partial charge on any atom is -0.359 e. The van der Waals surface area contributed by atoms with E-state index in [0.29, 0.717) is 20.9 Å². The lowest BCUT2D eigenvalue weighted by Gasteiger charge is -2.43. The maximum Gasteiger partial charge on any atom is 0.329 e. The zero-order valence-corrected chi connectivity index (χ0v) is 18.8. The summed E-state index contributed by atoms with van der Waals surface area (Å²) in [6.45, 7) is 1.81. The Bertz CT molecular complexity index is 1140. The number of amides is 3. The van der Waals surface area contributed by atoms with E-state index in [4.69, 9.17) is 11.6 Å². The predicted octanol–water partition coefficient (Wildman–Crippen LogP) is 5.18. The average molecular weight is 501 g/mol. The van der Waals surface area contributed by atoms with Crippen LogP contribution in [0, 0.1) is 0 Å². The van der Waals surface area contributed by atoms with Crippen molar-refractivity contribution in [3.63, 3.8) is 0 Å². The molecule has 158 valence electrons. The van der Waals surface area contributed by atoms with E-state index in [9.17, 15) is 14.7 Å². The highest BCUT2D eigenvalue weighted by Gasteiger charge is 2.52. The van der Waals surface area contributed by atoms with Gasteiger partial charge in [-0.3, -0.25) is 9.69 Å². The van der Waals surface area contributed by atoms with Crippen LogP contribution in [-0.4, -0.2) is 17.0 Å². The highest BCUT2D eigenvalue weighted by molar-refractivity contribution is 9.10. The Morgan fingerprint density at radius 3 is 2.48 bits per heavy atom. The van der Waals surface area contributed by atoms with E-state index in [1.165, 1.54) is 0 Å². The molecule has 8 heteroatoms. The first-order valence-electron chi connectivity index (χ1n) is 9.56. The lowest BCUT2D eigenvalue weighted by atomic mass is 9.94. The number of aliphatic hydroxyl groups is 1. The molecule has 1 aliphatic rings. The number of hydrogen-bond acceptors (Lipinski definition) is 3. The summed E-state index contributed by atoms with van der Waals surface area (Å²) in [7, 11) is 0. The SMILES string of the molecule is C[C@H](NC(=O)[C@@]1(O)c2cc(Br)ccc2NC(=O)N1c1ccc(Cl)cc1)c1ccccc1. The standard InChI is InChI=1S/C23H19BrClN3O3/c1-14(15-5-3-2-4-6-15)26-21(29)23(31)19-13-16(24)7-12-20(19)27-22(30)28(23)18-10-8-17(25)9-11-18/h2-14,31H,1H3,(H,26,29)(H,27,30)/t14-,23-/m0/s1. The molecule has 0 radical (unpaired) electrons. The number of carbonyl (C=O) groups is 2. The van der Waals surface area contributed by atoms with Crippen LogP contribution in [0.1, 0.15) is 24.1 Å². The summed E-state index contributed by atoms with van der Waals surface area (Å²) in [5, 5.41) is 17.9. The molecule has 3 N–H and O–H groups in total. The Balaban J connectivity index is 1.82. The van der Waals surface area contributed by atoms with Crippen LogP contribution in [0.25, 0.3) is 0 Å². The second-order valence-corrected chi connectivity index (χ2v) is 8.56. The Labute approximate surface area is 193 Å². The Kier molecular flexibility index (Phi) is 5.75. The molecule has 3 aromatic rings. The first-order valence-corrected chi connectivity index (χ1v) is 10.7. The lowest BCUT2D eigenvalue weighted by Crippen LogP contribution is -2.62. The summed E-state index contributed by atoms with van der Waals surface area (Å²) in [6.07, 6.45) is 0. The highest BCUT2D eigenvalue weighted by atomic mass is 79.9. The monoisotopic (exact) mass is 499 g/mol. The van der Waals surface area contributed by atoms with Crippen LogP contribution in [0.5, 0.6) is 0 Å². The van der Waals surface area contributed by atoms with Crippen molar-refractivity contribution in [1.29, 1.82) is 0 Å². The van der Waals surface area contributed by atoms with Crippen molar-refractivity contribution >= 4 is 50.8 Å². The second-order valence-electron chi connectivity index (χ2n) is 7.21. The molecule has 3 aromatic carbocycles. The van der Waals surface area contributed by atoms with Gasteiger partial charge in [0, 0.05) is 20.7 Å². The molecular formula is C23H19BrClN3O3. The van der Waals surface area contributed by atoms with Crippen LogP contribution < -0.4 is 15.5 Å². The number of fused-ring (bicyclic) bond motifs is 1. The van der Waals surface area contributed by atoms with E-state index >= 15 is 0 Å². The molecule has 31 heavy (non-hydrogen) atoms. The second kappa shape index (κ2) is 8.34. The van der Waals surface area contributed by atoms with Crippen LogP contribution in [0.15, 0.2) is 77.3 Å². The van der Waals surface area contributed by atoms with Crippen LogP contribution in [0.4, 0.5) is 16.2 Å². The van der Waals surface area contributed by atoms with E-state index in [0.717, 1.165) is 10.5 Å². The smallest absolute Gasteiger partial charge is 0.329 e. The van der Waals surface area contributed by atoms with Crippen molar-refractivity contribution in [3.05, 3.63) is 93.4 Å². The van der Waals surface area contributed by atoms with Gasteiger partial charge in [-0.05, 0) is 55.0 Å². The number of hydrogen-bond donors (Lipinski definition) is 3. The van der Waals surface area contributed by atoms with Crippen molar-refractivity contribution < 1.29 is 14.7 Å². The number of carbonyl (C=O) groups excluding carboxylic acids is 2. The highest BCUT2D eigenvalue weighted by Crippen LogP contribution is 2.41. The van der Waals surface area contributed by atoms with Gasteiger partial charge in [0.15, 0.2) is 0 Å². The molecule has 0 saturated heterocycles. The van der Waals surface area contributed by atoms with Crippen molar-refractivity contribution in [3.8, 4) is 0 Å². The number of nitrogens with zero attached hydrogens (tertiary/aromatic N) is 1. The molecule has 0 fully saturated rings. The zero-order valence-electron chi connectivity index (χ0n) is 16.5. The zero-order chi connectivity index (χ0) is 22.2. The molecule has 0 bridgehead atoms. The minimum atomic E-state index is -2.29. The third kappa shape index (κ3) is 3.92. The van der Waals surface area contributed by atoms with Crippen LogP contribution in [-0.2, 0) is 10.5 Å². The van der Waals surface area contributed by atoms with Crippen molar-refractivity contribution in [2.24, 2.45) is 0 Å².